The van der Waals surface area contributed by atoms with Crippen molar-refractivity contribution in [2.45, 2.75) is 46.3 Å². The molecular formula is C24H29N3O5. The molecule has 1 aliphatic rings. The second-order valence-electron chi connectivity index (χ2n) is 8.29. The molecule has 1 atom stereocenters. The fourth-order valence-corrected chi connectivity index (χ4v) is 3.42. The molecule has 0 spiro atoms. The van der Waals surface area contributed by atoms with Crippen LogP contribution in [0.25, 0.3) is 0 Å². The number of ether oxygens (including phenoxy) is 2. The van der Waals surface area contributed by atoms with Gasteiger partial charge in [0, 0.05) is 31.0 Å². The monoisotopic (exact) mass is 439 g/mol. The normalized spacial score (nSPS) is 14.1. The van der Waals surface area contributed by atoms with Crippen molar-refractivity contribution < 1.29 is 24.2 Å². The Labute approximate surface area is 188 Å². The molecule has 2 amide bonds. The SMILES string of the molecule is CCN(CC)C(=O)c1cnccc1C(O)C1=COc2ccccc2N1C(=O)OC(C)(C)C. The first kappa shape index (κ1) is 23.3. The molecule has 8 heteroatoms. The highest BCUT2D eigenvalue weighted by molar-refractivity contribution is 5.97. The van der Waals surface area contributed by atoms with Crippen LogP contribution >= 0.6 is 0 Å². The molecule has 1 N–H and O–H groups in total. The van der Waals surface area contributed by atoms with E-state index in [0.29, 0.717) is 30.1 Å². The zero-order valence-electron chi connectivity index (χ0n) is 19.0. The third-order valence-electron chi connectivity index (χ3n) is 4.96. The molecule has 170 valence electrons. The van der Waals surface area contributed by atoms with Crippen LogP contribution in [-0.2, 0) is 4.74 Å². The number of aliphatic hydroxyl groups is 1. The molecule has 0 aliphatic carbocycles. The zero-order chi connectivity index (χ0) is 23.5. The Morgan fingerprint density at radius 1 is 1.19 bits per heavy atom. The number of aliphatic hydroxyl groups excluding tert-OH is 1. The van der Waals surface area contributed by atoms with E-state index in [0.717, 1.165) is 0 Å². The zero-order valence-corrected chi connectivity index (χ0v) is 19.0. The van der Waals surface area contributed by atoms with E-state index in [2.05, 4.69) is 4.98 Å². The maximum Gasteiger partial charge on any atom is 0.419 e. The fraction of sp³-hybridized carbons (Fsp3) is 0.375. The van der Waals surface area contributed by atoms with Gasteiger partial charge in [-0.25, -0.2) is 9.69 Å². The summed E-state index contributed by atoms with van der Waals surface area (Å²) in [6, 6.07) is 8.53. The number of nitrogens with zero attached hydrogens (tertiary/aromatic N) is 3. The van der Waals surface area contributed by atoms with Gasteiger partial charge in [-0.15, -0.1) is 0 Å². The molecule has 8 nitrogen and oxygen atoms in total. The van der Waals surface area contributed by atoms with Crippen molar-refractivity contribution >= 4 is 17.7 Å². The van der Waals surface area contributed by atoms with Gasteiger partial charge in [0.25, 0.3) is 5.91 Å². The predicted octanol–water partition coefficient (Wildman–Crippen LogP) is 4.27. The molecule has 0 bridgehead atoms. The Hall–Kier alpha value is -3.39. The number of carbonyl (C=O) groups excluding carboxylic acids is 2. The molecular weight excluding hydrogens is 410 g/mol. The molecule has 3 rings (SSSR count). The number of rotatable bonds is 5. The van der Waals surface area contributed by atoms with Crippen LogP contribution in [-0.4, -0.2) is 45.7 Å². The third-order valence-corrected chi connectivity index (χ3v) is 4.96. The van der Waals surface area contributed by atoms with E-state index in [-0.39, 0.29) is 17.2 Å². The molecule has 2 aromatic rings. The van der Waals surface area contributed by atoms with Crippen molar-refractivity contribution in [3.8, 4) is 5.75 Å². The molecule has 0 saturated carbocycles. The molecule has 32 heavy (non-hydrogen) atoms. The summed E-state index contributed by atoms with van der Waals surface area (Å²) >= 11 is 0. The third kappa shape index (κ3) is 4.75. The highest BCUT2D eigenvalue weighted by Crippen LogP contribution is 2.40. The maximum absolute atomic E-state index is 13.2. The maximum atomic E-state index is 13.2. The van der Waals surface area contributed by atoms with Crippen molar-refractivity contribution in [1.29, 1.82) is 0 Å². The van der Waals surface area contributed by atoms with Gasteiger partial charge in [0.2, 0.25) is 0 Å². The highest BCUT2D eigenvalue weighted by Gasteiger charge is 2.36. The van der Waals surface area contributed by atoms with Gasteiger partial charge in [0.1, 0.15) is 18.0 Å². The topological polar surface area (TPSA) is 92.2 Å². The Bertz CT molecular complexity index is 1020. The van der Waals surface area contributed by atoms with Crippen LogP contribution in [0.15, 0.2) is 54.7 Å². The van der Waals surface area contributed by atoms with Crippen LogP contribution in [0, 0.1) is 0 Å². The van der Waals surface area contributed by atoms with E-state index in [1.54, 1.807) is 56.0 Å². The van der Waals surface area contributed by atoms with Crippen molar-refractivity contribution in [2.24, 2.45) is 0 Å². The number of para-hydroxylation sites is 2. The minimum absolute atomic E-state index is 0.137. The number of aromatic nitrogens is 1. The van der Waals surface area contributed by atoms with Crippen molar-refractivity contribution in [3.05, 3.63) is 65.8 Å². The van der Waals surface area contributed by atoms with E-state index in [4.69, 9.17) is 9.47 Å². The Morgan fingerprint density at radius 3 is 2.53 bits per heavy atom. The minimum atomic E-state index is -1.34. The number of carbonyl (C=O) groups is 2. The van der Waals surface area contributed by atoms with Crippen molar-refractivity contribution in [3.63, 3.8) is 0 Å². The summed E-state index contributed by atoms with van der Waals surface area (Å²) in [4.78, 5) is 33.2. The van der Waals surface area contributed by atoms with Gasteiger partial charge in [-0.1, -0.05) is 12.1 Å². The summed E-state index contributed by atoms with van der Waals surface area (Å²) in [5.41, 5.74) is 0.398. The van der Waals surface area contributed by atoms with E-state index in [9.17, 15) is 14.7 Å². The van der Waals surface area contributed by atoms with Gasteiger partial charge in [0.15, 0.2) is 5.75 Å². The molecule has 1 aliphatic heterocycles. The Morgan fingerprint density at radius 2 is 1.88 bits per heavy atom. The van der Waals surface area contributed by atoms with Gasteiger partial charge >= 0.3 is 6.09 Å². The lowest BCUT2D eigenvalue weighted by Crippen LogP contribution is -2.40. The lowest BCUT2D eigenvalue weighted by Gasteiger charge is -2.34. The first-order chi connectivity index (χ1) is 15.2. The number of hydrogen-bond acceptors (Lipinski definition) is 6. The first-order valence-electron chi connectivity index (χ1n) is 10.6. The predicted molar refractivity (Wildman–Crippen MR) is 120 cm³/mol. The summed E-state index contributed by atoms with van der Waals surface area (Å²) in [6.45, 7) is 10.1. The van der Waals surface area contributed by atoms with E-state index < -0.39 is 17.8 Å². The van der Waals surface area contributed by atoms with E-state index in [1.807, 2.05) is 13.8 Å². The van der Waals surface area contributed by atoms with Crippen LogP contribution in [0.1, 0.15) is 56.6 Å². The Balaban J connectivity index is 2.05. The number of amides is 2. The quantitative estimate of drug-likeness (QED) is 0.748. The second-order valence-corrected chi connectivity index (χ2v) is 8.29. The average Bonchev–Trinajstić information content (AvgIpc) is 2.77. The van der Waals surface area contributed by atoms with E-state index >= 15 is 0 Å². The van der Waals surface area contributed by atoms with Crippen LogP contribution < -0.4 is 9.64 Å². The van der Waals surface area contributed by atoms with Gasteiger partial charge in [-0.3, -0.25) is 9.78 Å². The number of pyridine rings is 1. The summed E-state index contributed by atoms with van der Waals surface area (Å²) in [6.07, 6.45) is 2.23. The highest BCUT2D eigenvalue weighted by atomic mass is 16.6. The van der Waals surface area contributed by atoms with Crippen molar-refractivity contribution in [1.82, 2.24) is 9.88 Å². The van der Waals surface area contributed by atoms with Crippen LogP contribution in [0.5, 0.6) is 5.75 Å². The van der Waals surface area contributed by atoms with Crippen LogP contribution in [0.4, 0.5) is 10.5 Å². The summed E-state index contributed by atoms with van der Waals surface area (Å²) in [7, 11) is 0. The Kier molecular flexibility index (Phi) is 6.84. The summed E-state index contributed by atoms with van der Waals surface area (Å²) < 4.78 is 11.3. The summed E-state index contributed by atoms with van der Waals surface area (Å²) in [5, 5.41) is 11.3. The molecule has 0 saturated heterocycles. The van der Waals surface area contributed by atoms with E-state index in [1.165, 1.54) is 23.6 Å². The molecule has 1 unspecified atom stereocenters. The first-order valence-corrected chi connectivity index (χ1v) is 10.6. The minimum Gasteiger partial charge on any atom is -0.461 e. The second kappa shape index (κ2) is 9.40. The average molecular weight is 440 g/mol. The largest absolute Gasteiger partial charge is 0.461 e. The molecule has 1 aromatic carbocycles. The van der Waals surface area contributed by atoms with Gasteiger partial charge in [-0.05, 0) is 52.8 Å². The van der Waals surface area contributed by atoms with Gasteiger partial charge in [-0.2, -0.15) is 0 Å². The lowest BCUT2D eigenvalue weighted by molar-refractivity contribution is 0.0573. The smallest absolute Gasteiger partial charge is 0.419 e. The van der Waals surface area contributed by atoms with Gasteiger partial charge in [0.05, 0.1) is 16.9 Å². The number of benzene rings is 1. The number of hydrogen-bond donors (Lipinski definition) is 1. The number of anilines is 1. The van der Waals surface area contributed by atoms with Crippen LogP contribution in [0.3, 0.4) is 0 Å². The van der Waals surface area contributed by atoms with Gasteiger partial charge < -0.3 is 19.5 Å². The summed E-state index contributed by atoms with van der Waals surface area (Å²) in [5.74, 6) is 0.196. The number of fused-ring (bicyclic) bond motifs is 1. The molecule has 1 aromatic heterocycles. The molecule has 2 heterocycles. The lowest BCUT2D eigenvalue weighted by atomic mass is 10.00. The fourth-order valence-electron chi connectivity index (χ4n) is 3.42. The molecule has 0 radical (unpaired) electrons. The standard InChI is InChI=1S/C24H29N3O5/c1-6-26(7-2)22(29)17-14-25-13-12-16(17)21(28)19-15-31-20-11-9-8-10-18(20)27(19)23(30)32-24(3,4)5/h8-15,21,28H,6-7H2,1-5H3. The van der Waals surface area contributed by atoms with Crippen LogP contribution in [0.2, 0.25) is 0 Å². The molecule has 0 fully saturated rings. The van der Waals surface area contributed by atoms with Crippen molar-refractivity contribution in [2.75, 3.05) is 18.0 Å².